The van der Waals surface area contributed by atoms with Crippen molar-refractivity contribution < 1.29 is 27.7 Å². The van der Waals surface area contributed by atoms with Crippen LogP contribution in [-0.2, 0) is 9.31 Å². The van der Waals surface area contributed by atoms with Crippen LogP contribution in [0.3, 0.4) is 0 Å². The molecule has 20 heteroatoms. The zero-order valence-corrected chi connectivity index (χ0v) is 39.2. The van der Waals surface area contributed by atoms with Gasteiger partial charge in [-0.05, 0) is 115 Å². The number of rotatable bonds is 4. The average molecular weight is 943 g/mol. The predicted molar refractivity (Wildman–Crippen MR) is 259 cm³/mol. The van der Waals surface area contributed by atoms with Crippen LogP contribution >= 0.6 is 11.6 Å². The Hall–Kier alpha value is -6.83. The number of fused-ring (bicyclic) bond motifs is 8. The molecule has 6 aromatic rings. The van der Waals surface area contributed by atoms with Crippen molar-refractivity contribution in [3.05, 3.63) is 126 Å². The van der Waals surface area contributed by atoms with E-state index >= 15 is 0 Å². The average Bonchev–Trinajstić information content (AvgIpc) is 4.00. The fraction of sp³-hybridized carbons (Fsp3) is 0.333. The van der Waals surface area contributed by atoms with Crippen molar-refractivity contribution in [1.82, 2.24) is 29.9 Å². The highest BCUT2D eigenvalue weighted by Gasteiger charge is 2.52. The molecule has 16 nitrogen and oxygen atoms in total. The minimum absolute atomic E-state index is 0.0369. The van der Waals surface area contributed by atoms with Crippen molar-refractivity contribution in [2.75, 3.05) is 56.4 Å². The third-order valence-corrected chi connectivity index (χ3v) is 13.2. The number of aromatic nitrogens is 6. The summed E-state index contributed by atoms with van der Waals surface area (Å²) in [5.41, 5.74) is 4.82. The summed E-state index contributed by atoms with van der Waals surface area (Å²) in [5, 5.41) is 6.17. The minimum atomic E-state index is -0.553. The van der Waals surface area contributed by atoms with E-state index in [2.05, 4.69) is 45.4 Å². The van der Waals surface area contributed by atoms with Crippen molar-refractivity contribution in [2.45, 2.75) is 77.7 Å². The monoisotopic (exact) mass is 942 g/mol. The summed E-state index contributed by atoms with van der Waals surface area (Å²) >= 11 is 6.02. The molecular formula is C48H50BClF2N12O4. The number of hydrogen-bond donors (Lipinski definition) is 2. The Morgan fingerprint density at radius 1 is 0.706 bits per heavy atom. The van der Waals surface area contributed by atoms with Crippen LogP contribution in [0.4, 0.5) is 52.8 Å². The number of anilines is 6. The van der Waals surface area contributed by atoms with Crippen LogP contribution in [0, 0.1) is 25.5 Å². The van der Waals surface area contributed by atoms with E-state index in [0.717, 1.165) is 50.4 Å². The predicted octanol–water partition coefficient (Wildman–Crippen LogP) is 8.21. The number of hydrogen-bond acceptors (Lipinski definition) is 12. The lowest BCUT2D eigenvalue weighted by Gasteiger charge is -2.35. The number of halogens is 3. The Bertz CT molecular complexity index is 2840. The van der Waals surface area contributed by atoms with Gasteiger partial charge in [0.1, 0.15) is 16.8 Å². The molecule has 0 aliphatic carbocycles. The molecule has 68 heavy (non-hydrogen) atoms. The number of aryl methyl sites for hydroxylation is 2. The Morgan fingerprint density at radius 2 is 1.22 bits per heavy atom. The van der Waals surface area contributed by atoms with Crippen LogP contribution in [-0.4, -0.2) is 98.5 Å². The maximum atomic E-state index is 14.0. The van der Waals surface area contributed by atoms with Crippen LogP contribution in [0.1, 0.15) is 51.9 Å². The molecule has 2 atom stereocenters. The van der Waals surface area contributed by atoms with E-state index in [1.54, 1.807) is 85.1 Å². The van der Waals surface area contributed by atoms with Gasteiger partial charge < -0.3 is 29.7 Å². The van der Waals surface area contributed by atoms with E-state index in [0.29, 0.717) is 56.3 Å². The van der Waals surface area contributed by atoms with Gasteiger partial charge in [0.15, 0.2) is 11.6 Å². The summed E-state index contributed by atoms with van der Waals surface area (Å²) in [6, 6.07) is 17.2. The molecule has 3 fully saturated rings. The summed E-state index contributed by atoms with van der Waals surface area (Å²) < 4.78 is 39.1. The number of urea groups is 2. The second-order valence-corrected chi connectivity index (χ2v) is 18.5. The molecule has 2 N–H and O–H groups in total. The summed E-state index contributed by atoms with van der Waals surface area (Å²) in [7, 11) is -0.553. The van der Waals surface area contributed by atoms with Gasteiger partial charge in [0.25, 0.3) is 0 Å². The zero-order valence-electron chi connectivity index (χ0n) is 38.5. The highest BCUT2D eigenvalue weighted by Crippen LogP contribution is 2.42. The number of nitrogens with zero attached hydrogens (tertiary/aromatic N) is 10. The van der Waals surface area contributed by atoms with Gasteiger partial charge in [-0.25, -0.2) is 28.3 Å². The highest BCUT2D eigenvalue weighted by molar-refractivity contribution is 6.62. The first-order chi connectivity index (χ1) is 32.5. The maximum absolute atomic E-state index is 14.0. The zero-order chi connectivity index (χ0) is 47.9. The Balaban J connectivity index is 0.000000132. The van der Waals surface area contributed by atoms with E-state index in [9.17, 15) is 18.4 Å². The summed E-state index contributed by atoms with van der Waals surface area (Å²) in [4.78, 5) is 59.0. The first-order valence-electron chi connectivity index (χ1n) is 22.3. The molecule has 0 saturated carbocycles. The van der Waals surface area contributed by atoms with E-state index < -0.39 is 18.3 Å². The van der Waals surface area contributed by atoms with E-state index in [1.807, 2.05) is 52.0 Å². The first-order valence-corrected chi connectivity index (χ1v) is 22.7. The standard InChI is InChI=1S/C21H19FN6O.C15H14ClN5O.C12H17BFNO2/c1-13-17(22)9-14(10-24-13)18-4-5-19-20(26-18)28(16-6-8-27(19)12-16)21(29)25-15-3-2-7-23-11-15;16-13-4-3-12-14(19-13)21(11-5-7-20(12)9-11)15(22)18-10-2-1-6-17-8-10;1-8-10(14)6-9(7-15-8)13-16-11(2,3)12(4,5)17-13/h2-5,7,9-11,16H,6,8,12H2,1H3,(H,25,29);1-4,6,8,11H,5,7,9H2,(H,18,22);6-7H,1-5H3/t16-;11-;/m00./s1. The molecule has 350 valence electrons. The van der Waals surface area contributed by atoms with Crippen molar-refractivity contribution >= 4 is 70.6 Å². The molecule has 4 amide bonds. The summed E-state index contributed by atoms with van der Waals surface area (Å²) in [6.07, 6.45) is 11.5. The summed E-state index contributed by atoms with van der Waals surface area (Å²) in [5.74, 6) is 0.496. The van der Waals surface area contributed by atoms with Gasteiger partial charge in [0.05, 0.1) is 75.5 Å². The molecule has 0 radical (unpaired) electrons. The largest absolute Gasteiger partial charge is 0.496 e. The number of amides is 4. The first kappa shape index (κ1) is 46.3. The number of carbonyl (C=O) groups excluding carboxylic acids is 2. The van der Waals surface area contributed by atoms with Crippen LogP contribution in [0.15, 0.2) is 97.8 Å². The van der Waals surface area contributed by atoms with Gasteiger partial charge in [0, 0.05) is 62.0 Å². The lowest BCUT2D eigenvalue weighted by molar-refractivity contribution is 0.00578. The van der Waals surface area contributed by atoms with Crippen molar-refractivity contribution in [2.24, 2.45) is 0 Å². The topological polar surface area (TPSA) is 167 Å². The summed E-state index contributed by atoms with van der Waals surface area (Å²) in [6.45, 7) is 14.5. The third-order valence-electron chi connectivity index (χ3n) is 13.0. The van der Waals surface area contributed by atoms with Crippen LogP contribution in [0.5, 0.6) is 0 Å². The van der Waals surface area contributed by atoms with Gasteiger partial charge in [-0.2, -0.15) is 0 Å². The molecule has 11 rings (SSSR count). The lowest BCUT2D eigenvalue weighted by Crippen LogP contribution is -2.48. The smallest absolute Gasteiger partial charge is 0.399 e. The Morgan fingerprint density at radius 3 is 1.74 bits per heavy atom. The molecule has 0 spiro atoms. The van der Waals surface area contributed by atoms with Crippen molar-refractivity contribution in [3.8, 4) is 11.3 Å². The molecule has 5 aliphatic heterocycles. The molecule has 4 bridgehead atoms. The Kier molecular flexibility index (Phi) is 12.7. The molecule has 0 aromatic carbocycles. The lowest BCUT2D eigenvalue weighted by atomic mass is 9.80. The molecule has 3 saturated heterocycles. The molecule has 6 aromatic heterocycles. The third kappa shape index (κ3) is 9.37. The van der Waals surface area contributed by atoms with Gasteiger partial charge in [-0.3, -0.25) is 29.7 Å². The second-order valence-electron chi connectivity index (χ2n) is 18.1. The normalized spacial score (nSPS) is 19.0. The van der Waals surface area contributed by atoms with Crippen LogP contribution < -0.4 is 35.7 Å². The van der Waals surface area contributed by atoms with Gasteiger partial charge >= 0.3 is 19.2 Å². The van der Waals surface area contributed by atoms with Crippen LogP contribution in [0.2, 0.25) is 5.15 Å². The Labute approximate surface area is 398 Å². The molecule has 5 aliphatic rings. The SMILES string of the molecule is Cc1ncc(-c2ccc3c(n2)N(C(=O)Nc2cccnc2)[C@H]2CCN3C2)cc1F.Cc1ncc(B2OC(C)(C)C(C)(C)O2)cc1F.O=C(Nc1cccnc1)N1c2nc(Cl)ccc2N2CC[C@H]1C2. The molecule has 0 unspecified atom stereocenters. The van der Waals surface area contributed by atoms with E-state index in [-0.39, 0.29) is 35.8 Å². The van der Waals surface area contributed by atoms with Gasteiger partial charge in [-0.15, -0.1) is 0 Å². The van der Waals surface area contributed by atoms with E-state index in [1.165, 1.54) is 12.1 Å². The van der Waals surface area contributed by atoms with Gasteiger partial charge in [-0.1, -0.05) is 11.6 Å². The van der Waals surface area contributed by atoms with E-state index in [4.69, 9.17) is 25.9 Å². The minimum Gasteiger partial charge on any atom is -0.399 e. The second kappa shape index (κ2) is 18.7. The fourth-order valence-electron chi connectivity index (χ4n) is 8.60. The van der Waals surface area contributed by atoms with Gasteiger partial charge in [0.2, 0.25) is 0 Å². The highest BCUT2D eigenvalue weighted by atomic mass is 35.5. The number of pyridine rings is 6. The maximum Gasteiger partial charge on any atom is 0.496 e. The van der Waals surface area contributed by atoms with Crippen LogP contribution in [0.25, 0.3) is 11.3 Å². The molecule has 11 heterocycles. The van der Waals surface area contributed by atoms with Crippen molar-refractivity contribution in [1.29, 1.82) is 0 Å². The van der Waals surface area contributed by atoms with Crippen molar-refractivity contribution in [3.63, 3.8) is 0 Å². The fourth-order valence-corrected chi connectivity index (χ4v) is 8.74. The number of nitrogens with one attached hydrogen (secondary N) is 2. The number of carbonyl (C=O) groups is 2. The molecular weight excluding hydrogens is 893 g/mol. The quantitative estimate of drug-likeness (QED) is 0.129.